The van der Waals surface area contributed by atoms with Gasteiger partial charge in [0.15, 0.2) is 0 Å². The van der Waals surface area contributed by atoms with Crippen molar-refractivity contribution in [1.82, 2.24) is 9.80 Å². The van der Waals surface area contributed by atoms with Crippen molar-refractivity contribution in [1.29, 1.82) is 0 Å². The summed E-state index contributed by atoms with van der Waals surface area (Å²) in [6.07, 6.45) is 0.865. The van der Waals surface area contributed by atoms with Gasteiger partial charge in [-0.1, -0.05) is 6.07 Å². The van der Waals surface area contributed by atoms with Gasteiger partial charge >= 0.3 is 0 Å². The Balaban J connectivity index is 1.53. The summed E-state index contributed by atoms with van der Waals surface area (Å²) < 4.78 is 11.5. The number of rotatable bonds is 5. The number of hydrogen-bond acceptors (Lipinski definition) is 5. The lowest BCUT2D eigenvalue weighted by Crippen LogP contribution is -2.66. The fraction of sp³-hybridized carbons (Fsp3) is 0.556. The molecule has 7 heteroatoms. The van der Waals surface area contributed by atoms with Gasteiger partial charge in [0.1, 0.15) is 18.0 Å². The molecule has 136 valence electrons. The molecule has 0 radical (unpaired) electrons. The molecule has 2 aliphatic rings. The van der Waals surface area contributed by atoms with Crippen molar-refractivity contribution in [2.45, 2.75) is 12.0 Å². The summed E-state index contributed by atoms with van der Waals surface area (Å²) in [5.41, 5.74) is 0.102. The molecule has 1 aromatic rings. The van der Waals surface area contributed by atoms with E-state index in [1.54, 1.807) is 31.1 Å². The normalized spacial score (nSPS) is 21.2. The van der Waals surface area contributed by atoms with E-state index >= 15 is 0 Å². The number of likely N-dealkylation sites (N-methyl/N-ethyl adjacent to an activating group) is 1. The van der Waals surface area contributed by atoms with Gasteiger partial charge in [0, 0.05) is 32.2 Å². The van der Waals surface area contributed by atoms with Gasteiger partial charge in [0.2, 0.25) is 5.91 Å². The molecule has 0 aliphatic carbocycles. The molecule has 3 rings (SSSR count). The minimum Gasteiger partial charge on any atom is -0.508 e. The molecule has 0 saturated carbocycles. The lowest BCUT2D eigenvalue weighted by molar-refractivity contribution is -0.141. The first-order valence-corrected chi connectivity index (χ1v) is 8.41. The van der Waals surface area contributed by atoms with Gasteiger partial charge in [-0.25, -0.2) is 0 Å². The topological polar surface area (TPSA) is 79.3 Å². The molecule has 1 atom stereocenters. The standard InChI is InChI=1S/C18H24N2O5/c1-19(2)16(22)10-24-9-14-6-7-25-18(14)11-20(12-18)17(23)13-4-3-5-15(21)8-13/h3-5,8,14,21H,6-7,9-12H2,1-2H3. The van der Waals surface area contributed by atoms with Gasteiger partial charge in [0.05, 0.1) is 19.7 Å². The minimum absolute atomic E-state index is 0.0610. The summed E-state index contributed by atoms with van der Waals surface area (Å²) in [7, 11) is 3.39. The quantitative estimate of drug-likeness (QED) is 0.849. The first kappa shape index (κ1) is 17.7. The van der Waals surface area contributed by atoms with E-state index in [0.717, 1.165) is 6.42 Å². The first-order chi connectivity index (χ1) is 11.9. The maximum Gasteiger partial charge on any atom is 0.254 e. The van der Waals surface area contributed by atoms with Gasteiger partial charge in [-0.05, 0) is 24.6 Å². The third-order valence-electron chi connectivity index (χ3n) is 4.94. The van der Waals surface area contributed by atoms with E-state index in [1.165, 1.54) is 17.0 Å². The predicted molar refractivity (Wildman–Crippen MR) is 90.3 cm³/mol. The number of carbonyl (C=O) groups excluding carboxylic acids is 2. The number of benzene rings is 1. The average Bonchev–Trinajstić information content (AvgIpc) is 2.96. The van der Waals surface area contributed by atoms with E-state index in [0.29, 0.717) is 31.9 Å². The van der Waals surface area contributed by atoms with Crippen LogP contribution in [0.15, 0.2) is 24.3 Å². The molecule has 1 aromatic carbocycles. The highest BCUT2D eigenvalue weighted by Crippen LogP contribution is 2.40. The monoisotopic (exact) mass is 348 g/mol. The van der Waals surface area contributed by atoms with Crippen molar-refractivity contribution in [3.8, 4) is 5.75 Å². The minimum atomic E-state index is -0.367. The molecule has 1 spiro atoms. The number of amides is 2. The van der Waals surface area contributed by atoms with E-state index in [9.17, 15) is 14.7 Å². The van der Waals surface area contributed by atoms with Crippen LogP contribution in [0.1, 0.15) is 16.8 Å². The highest BCUT2D eigenvalue weighted by atomic mass is 16.5. The zero-order chi connectivity index (χ0) is 18.0. The summed E-state index contributed by atoms with van der Waals surface area (Å²) in [4.78, 5) is 27.3. The maximum atomic E-state index is 12.5. The molecule has 2 aliphatic heterocycles. The number of phenols is 1. The Kier molecular flexibility index (Phi) is 4.96. The molecule has 1 unspecified atom stereocenters. The lowest BCUT2D eigenvalue weighted by Gasteiger charge is -2.50. The fourth-order valence-corrected chi connectivity index (χ4v) is 3.35. The van der Waals surface area contributed by atoms with Gasteiger partial charge in [-0.2, -0.15) is 0 Å². The summed E-state index contributed by atoms with van der Waals surface area (Å²) in [6.45, 7) is 2.18. The predicted octanol–water partition coefficient (Wildman–Crippen LogP) is 0.728. The highest BCUT2D eigenvalue weighted by molar-refractivity contribution is 5.95. The smallest absolute Gasteiger partial charge is 0.254 e. The third-order valence-corrected chi connectivity index (χ3v) is 4.94. The molecule has 0 aromatic heterocycles. The van der Waals surface area contributed by atoms with Crippen molar-refractivity contribution in [3.05, 3.63) is 29.8 Å². The van der Waals surface area contributed by atoms with Crippen LogP contribution in [0.3, 0.4) is 0 Å². The van der Waals surface area contributed by atoms with Crippen molar-refractivity contribution < 1.29 is 24.2 Å². The number of carbonyl (C=O) groups is 2. The third kappa shape index (κ3) is 3.62. The largest absolute Gasteiger partial charge is 0.508 e. The second-order valence-corrected chi connectivity index (χ2v) is 6.91. The fourth-order valence-electron chi connectivity index (χ4n) is 3.35. The number of likely N-dealkylation sites (tertiary alicyclic amines) is 1. The molecular formula is C18H24N2O5. The molecular weight excluding hydrogens is 324 g/mol. The Morgan fingerprint density at radius 3 is 2.84 bits per heavy atom. The van der Waals surface area contributed by atoms with Crippen LogP contribution in [0, 0.1) is 5.92 Å². The van der Waals surface area contributed by atoms with Crippen LogP contribution in [0.25, 0.3) is 0 Å². The number of nitrogens with zero attached hydrogens (tertiary/aromatic N) is 2. The highest BCUT2D eigenvalue weighted by Gasteiger charge is 2.54. The zero-order valence-corrected chi connectivity index (χ0v) is 14.6. The first-order valence-electron chi connectivity index (χ1n) is 8.41. The average molecular weight is 348 g/mol. The Morgan fingerprint density at radius 1 is 1.40 bits per heavy atom. The van der Waals surface area contributed by atoms with Crippen molar-refractivity contribution in [2.24, 2.45) is 5.92 Å². The van der Waals surface area contributed by atoms with Crippen LogP contribution in [-0.4, -0.2) is 79.3 Å². The van der Waals surface area contributed by atoms with Crippen LogP contribution in [0.5, 0.6) is 5.75 Å². The molecule has 2 fully saturated rings. The van der Waals surface area contributed by atoms with E-state index in [4.69, 9.17) is 9.47 Å². The van der Waals surface area contributed by atoms with Gasteiger partial charge in [0.25, 0.3) is 5.91 Å². The van der Waals surface area contributed by atoms with Gasteiger partial charge in [-0.15, -0.1) is 0 Å². The van der Waals surface area contributed by atoms with Crippen molar-refractivity contribution >= 4 is 11.8 Å². The second-order valence-electron chi connectivity index (χ2n) is 6.91. The van der Waals surface area contributed by atoms with E-state index in [-0.39, 0.29) is 35.7 Å². The van der Waals surface area contributed by atoms with E-state index < -0.39 is 0 Å². The van der Waals surface area contributed by atoms with Crippen LogP contribution >= 0.6 is 0 Å². The molecule has 7 nitrogen and oxygen atoms in total. The SMILES string of the molecule is CN(C)C(=O)COCC1CCOC12CN(C(=O)c1cccc(O)c1)C2. The van der Waals surface area contributed by atoms with Crippen LogP contribution in [0.4, 0.5) is 0 Å². The van der Waals surface area contributed by atoms with Crippen molar-refractivity contribution in [3.63, 3.8) is 0 Å². The molecule has 2 heterocycles. The van der Waals surface area contributed by atoms with Gasteiger partial charge < -0.3 is 24.4 Å². The molecule has 25 heavy (non-hydrogen) atoms. The number of ether oxygens (including phenoxy) is 2. The number of aromatic hydroxyl groups is 1. The second kappa shape index (κ2) is 7.01. The Labute approximate surface area is 147 Å². The summed E-state index contributed by atoms with van der Waals surface area (Å²) in [5, 5.41) is 9.52. The number of phenolic OH excluding ortho intramolecular Hbond substituents is 1. The molecule has 1 N–H and O–H groups in total. The molecule has 2 amide bonds. The molecule has 2 saturated heterocycles. The summed E-state index contributed by atoms with van der Waals surface area (Å²) in [5.74, 6) is 0.0764. The maximum absolute atomic E-state index is 12.5. The summed E-state index contributed by atoms with van der Waals surface area (Å²) in [6, 6.07) is 6.35. The molecule has 0 bridgehead atoms. The van der Waals surface area contributed by atoms with Crippen LogP contribution in [0.2, 0.25) is 0 Å². The Morgan fingerprint density at radius 2 is 2.16 bits per heavy atom. The lowest BCUT2D eigenvalue weighted by atomic mass is 9.81. The van der Waals surface area contributed by atoms with Crippen LogP contribution in [-0.2, 0) is 14.3 Å². The summed E-state index contributed by atoms with van der Waals surface area (Å²) >= 11 is 0. The van der Waals surface area contributed by atoms with Crippen molar-refractivity contribution in [2.75, 3.05) is 47.0 Å². The Bertz CT molecular complexity index is 655. The van der Waals surface area contributed by atoms with E-state index in [2.05, 4.69) is 0 Å². The Hall–Kier alpha value is -2.12. The van der Waals surface area contributed by atoms with Gasteiger partial charge in [-0.3, -0.25) is 9.59 Å². The van der Waals surface area contributed by atoms with Crippen LogP contribution < -0.4 is 0 Å². The van der Waals surface area contributed by atoms with E-state index in [1.807, 2.05) is 0 Å². The number of hydrogen-bond donors (Lipinski definition) is 1. The zero-order valence-electron chi connectivity index (χ0n) is 14.6.